The van der Waals surface area contributed by atoms with E-state index in [1.165, 1.54) is 11.8 Å². The van der Waals surface area contributed by atoms with Crippen LogP contribution >= 0.6 is 15.9 Å². The quantitative estimate of drug-likeness (QED) is 0.832. The first-order valence-corrected chi connectivity index (χ1v) is 5.19. The molecule has 1 rings (SSSR count). The van der Waals surface area contributed by atoms with Gasteiger partial charge in [0.1, 0.15) is 10.2 Å². The second kappa shape index (κ2) is 4.08. The van der Waals surface area contributed by atoms with E-state index in [9.17, 15) is 8.78 Å². The molecule has 0 amide bonds. The lowest BCUT2D eigenvalue weighted by atomic mass is 10.1. The molecule has 0 aromatic carbocycles. The third-order valence-electron chi connectivity index (χ3n) is 1.88. The number of methoxy groups -OCH3 is 1. The highest BCUT2D eigenvalue weighted by atomic mass is 79.9. The minimum atomic E-state index is -2.61. The van der Waals surface area contributed by atoms with Crippen LogP contribution in [0.3, 0.4) is 0 Å². The van der Waals surface area contributed by atoms with Crippen LogP contribution in [-0.4, -0.2) is 16.9 Å². The highest BCUT2D eigenvalue weighted by molar-refractivity contribution is 9.10. The van der Waals surface area contributed by atoms with Crippen molar-refractivity contribution in [3.8, 4) is 5.88 Å². The van der Waals surface area contributed by atoms with Gasteiger partial charge in [-0.15, -0.1) is 0 Å². The average molecular weight is 283 g/mol. The molecule has 0 aliphatic heterocycles. The van der Waals surface area contributed by atoms with Crippen molar-refractivity contribution < 1.29 is 13.5 Å². The predicted molar refractivity (Wildman–Crippen MR) is 56.4 cm³/mol. The van der Waals surface area contributed by atoms with E-state index in [0.29, 0.717) is 0 Å². The van der Waals surface area contributed by atoms with Gasteiger partial charge < -0.3 is 4.74 Å². The molecule has 0 atom stereocenters. The summed E-state index contributed by atoms with van der Waals surface area (Å²) in [4.78, 5) is 0. The molecule has 1 heterocycles. The van der Waals surface area contributed by atoms with Gasteiger partial charge in [-0.25, -0.2) is 13.5 Å². The fourth-order valence-corrected chi connectivity index (χ4v) is 1.73. The van der Waals surface area contributed by atoms with E-state index in [1.54, 1.807) is 0 Å². The van der Waals surface area contributed by atoms with Crippen LogP contribution in [0.25, 0.3) is 0 Å². The van der Waals surface area contributed by atoms with Crippen LogP contribution in [0.5, 0.6) is 5.88 Å². The molecular weight excluding hydrogens is 270 g/mol. The largest absolute Gasteiger partial charge is 0.481 e. The summed E-state index contributed by atoms with van der Waals surface area (Å²) in [6.07, 6.45) is -2.61. The molecule has 0 saturated heterocycles. The molecule has 6 heteroatoms. The third kappa shape index (κ3) is 2.30. The zero-order valence-electron chi connectivity index (χ0n) is 9.01. The molecule has 0 radical (unpaired) electrons. The average Bonchev–Trinajstić information content (AvgIpc) is 2.41. The van der Waals surface area contributed by atoms with Crippen molar-refractivity contribution in [2.24, 2.45) is 0 Å². The van der Waals surface area contributed by atoms with Crippen LogP contribution in [0, 0.1) is 0 Å². The molecule has 0 aliphatic carbocycles. The molecule has 0 spiro atoms. The third-order valence-corrected chi connectivity index (χ3v) is 2.47. The number of nitrogens with zero attached hydrogens (tertiary/aromatic N) is 2. The molecule has 15 heavy (non-hydrogen) atoms. The summed E-state index contributed by atoms with van der Waals surface area (Å²) in [6.45, 7) is 5.60. The summed E-state index contributed by atoms with van der Waals surface area (Å²) in [5.41, 5.74) is -0.603. The molecule has 0 N–H and O–H groups in total. The van der Waals surface area contributed by atoms with E-state index in [1.807, 2.05) is 20.8 Å². The summed E-state index contributed by atoms with van der Waals surface area (Å²) in [6, 6.07) is 0. The standard InChI is InChI=1S/C9H13BrF2N2O/c1-9(2,3)14-8(15-4)5(7(11)12)6(10)13-14/h7H,1-4H3. The van der Waals surface area contributed by atoms with Crippen LogP contribution in [0.1, 0.15) is 32.8 Å². The van der Waals surface area contributed by atoms with Crippen molar-refractivity contribution in [2.75, 3.05) is 7.11 Å². The number of hydrogen-bond acceptors (Lipinski definition) is 2. The number of rotatable bonds is 2. The van der Waals surface area contributed by atoms with Crippen LogP contribution in [-0.2, 0) is 5.54 Å². The van der Waals surface area contributed by atoms with E-state index in [-0.39, 0.29) is 16.0 Å². The normalized spacial score (nSPS) is 12.3. The van der Waals surface area contributed by atoms with E-state index in [2.05, 4.69) is 21.0 Å². The fourth-order valence-electron chi connectivity index (χ4n) is 1.22. The zero-order valence-corrected chi connectivity index (χ0v) is 10.6. The Bertz CT molecular complexity index is 358. The SMILES string of the molecule is COc1c(C(F)F)c(Br)nn1C(C)(C)C. The molecule has 1 aromatic rings. The van der Waals surface area contributed by atoms with E-state index >= 15 is 0 Å². The molecule has 86 valence electrons. The number of aromatic nitrogens is 2. The van der Waals surface area contributed by atoms with Gasteiger partial charge in [-0.3, -0.25) is 0 Å². The first-order chi connectivity index (χ1) is 6.79. The Kier molecular flexibility index (Phi) is 3.38. The Hall–Kier alpha value is -0.650. The molecular formula is C9H13BrF2N2O. The summed E-state index contributed by atoms with van der Waals surface area (Å²) in [5.74, 6) is 0.101. The Morgan fingerprint density at radius 1 is 1.40 bits per heavy atom. The maximum atomic E-state index is 12.7. The highest BCUT2D eigenvalue weighted by Gasteiger charge is 2.29. The van der Waals surface area contributed by atoms with Crippen LogP contribution in [0.15, 0.2) is 4.60 Å². The van der Waals surface area contributed by atoms with Crippen molar-refractivity contribution >= 4 is 15.9 Å². The number of ether oxygens (including phenoxy) is 1. The predicted octanol–water partition coefficient (Wildman–Crippen LogP) is 3.35. The maximum absolute atomic E-state index is 12.7. The maximum Gasteiger partial charge on any atom is 0.271 e. The van der Waals surface area contributed by atoms with E-state index in [0.717, 1.165) is 0 Å². The first kappa shape index (κ1) is 12.4. The van der Waals surface area contributed by atoms with Gasteiger partial charge in [-0.05, 0) is 36.7 Å². The van der Waals surface area contributed by atoms with Gasteiger partial charge >= 0.3 is 0 Å². The molecule has 0 aliphatic rings. The lowest BCUT2D eigenvalue weighted by molar-refractivity contribution is 0.144. The lowest BCUT2D eigenvalue weighted by Gasteiger charge is -2.21. The Morgan fingerprint density at radius 3 is 2.27 bits per heavy atom. The van der Waals surface area contributed by atoms with Crippen molar-refractivity contribution in [3.63, 3.8) is 0 Å². The van der Waals surface area contributed by atoms with Gasteiger partial charge in [0.25, 0.3) is 6.43 Å². The molecule has 0 unspecified atom stereocenters. The van der Waals surface area contributed by atoms with Gasteiger partial charge in [-0.2, -0.15) is 5.10 Å². The summed E-state index contributed by atoms with van der Waals surface area (Å²) >= 11 is 3.01. The van der Waals surface area contributed by atoms with Crippen LogP contribution in [0.4, 0.5) is 8.78 Å². The number of halogens is 3. The highest BCUT2D eigenvalue weighted by Crippen LogP contribution is 2.37. The lowest BCUT2D eigenvalue weighted by Crippen LogP contribution is -2.23. The zero-order chi connectivity index (χ0) is 11.8. The van der Waals surface area contributed by atoms with Gasteiger partial charge in [0.2, 0.25) is 5.88 Å². The number of alkyl halides is 2. The first-order valence-electron chi connectivity index (χ1n) is 4.40. The topological polar surface area (TPSA) is 27.1 Å². The molecule has 0 bridgehead atoms. The second-order valence-electron chi connectivity index (χ2n) is 4.10. The minimum Gasteiger partial charge on any atom is -0.481 e. The molecule has 3 nitrogen and oxygen atoms in total. The van der Waals surface area contributed by atoms with Crippen LogP contribution in [0.2, 0.25) is 0 Å². The smallest absolute Gasteiger partial charge is 0.271 e. The minimum absolute atomic E-state index is 0.101. The molecule has 0 saturated carbocycles. The number of hydrogen-bond donors (Lipinski definition) is 0. The van der Waals surface area contributed by atoms with E-state index < -0.39 is 12.0 Å². The van der Waals surface area contributed by atoms with Gasteiger partial charge in [0.15, 0.2) is 0 Å². The molecule has 1 aromatic heterocycles. The summed E-state index contributed by atoms with van der Waals surface area (Å²) in [5, 5.41) is 4.00. The van der Waals surface area contributed by atoms with Gasteiger partial charge in [0, 0.05) is 0 Å². The van der Waals surface area contributed by atoms with Crippen molar-refractivity contribution in [2.45, 2.75) is 32.7 Å². The van der Waals surface area contributed by atoms with Crippen molar-refractivity contribution in [1.82, 2.24) is 9.78 Å². The fraction of sp³-hybridized carbons (Fsp3) is 0.667. The monoisotopic (exact) mass is 282 g/mol. The Balaban J connectivity index is 3.38. The summed E-state index contributed by atoms with van der Waals surface area (Å²) in [7, 11) is 1.36. The molecule has 0 fully saturated rings. The van der Waals surface area contributed by atoms with Gasteiger partial charge in [-0.1, -0.05) is 0 Å². The van der Waals surface area contributed by atoms with E-state index in [4.69, 9.17) is 4.74 Å². The second-order valence-corrected chi connectivity index (χ2v) is 4.85. The Labute approximate surface area is 95.5 Å². The van der Waals surface area contributed by atoms with Crippen molar-refractivity contribution in [3.05, 3.63) is 10.2 Å². The van der Waals surface area contributed by atoms with Gasteiger partial charge in [0.05, 0.1) is 12.6 Å². The van der Waals surface area contributed by atoms with Crippen LogP contribution < -0.4 is 4.74 Å². The summed E-state index contributed by atoms with van der Waals surface area (Å²) < 4.78 is 32.0. The van der Waals surface area contributed by atoms with Crippen molar-refractivity contribution in [1.29, 1.82) is 0 Å². The Morgan fingerprint density at radius 2 is 1.93 bits per heavy atom.